The fourth-order valence-electron chi connectivity index (χ4n) is 2.01. The molecule has 1 heterocycles. The van der Waals surface area contributed by atoms with Crippen LogP contribution < -0.4 is 10.9 Å². The summed E-state index contributed by atoms with van der Waals surface area (Å²) in [4.78, 5) is 29.0. The van der Waals surface area contributed by atoms with E-state index in [9.17, 15) is 9.59 Å². The van der Waals surface area contributed by atoms with Gasteiger partial charge in [-0.25, -0.2) is 4.98 Å². The maximum Gasteiger partial charge on any atom is 0.253 e. The molecule has 0 saturated carbocycles. The zero-order valence-electron chi connectivity index (χ0n) is 12.7. The molecule has 0 saturated heterocycles. The fourth-order valence-corrected chi connectivity index (χ4v) is 2.81. The SMILES string of the molecule is CCSc1ccccc1C(=O)NCCn1cnc(C)cc1=O. The number of rotatable bonds is 6. The van der Waals surface area contributed by atoms with Crippen molar-refractivity contribution in [1.29, 1.82) is 0 Å². The van der Waals surface area contributed by atoms with Crippen LogP contribution in [-0.4, -0.2) is 27.8 Å². The minimum atomic E-state index is -0.121. The van der Waals surface area contributed by atoms with Crippen molar-refractivity contribution in [2.45, 2.75) is 25.3 Å². The van der Waals surface area contributed by atoms with Crippen molar-refractivity contribution in [3.63, 3.8) is 0 Å². The number of amides is 1. The molecule has 2 aromatic rings. The van der Waals surface area contributed by atoms with Crippen LogP contribution in [0, 0.1) is 6.92 Å². The van der Waals surface area contributed by atoms with E-state index >= 15 is 0 Å². The molecule has 116 valence electrons. The number of nitrogens with one attached hydrogen (secondary N) is 1. The molecule has 0 aliphatic carbocycles. The van der Waals surface area contributed by atoms with Crippen molar-refractivity contribution in [1.82, 2.24) is 14.9 Å². The molecule has 0 unspecified atom stereocenters. The van der Waals surface area contributed by atoms with Gasteiger partial charge in [0.15, 0.2) is 0 Å². The van der Waals surface area contributed by atoms with Crippen LogP contribution in [0.1, 0.15) is 23.0 Å². The number of aryl methyl sites for hydroxylation is 1. The van der Waals surface area contributed by atoms with Gasteiger partial charge in [0.05, 0.1) is 11.9 Å². The van der Waals surface area contributed by atoms with Gasteiger partial charge in [0, 0.05) is 29.7 Å². The Kier molecular flexibility index (Phi) is 5.77. The number of thioether (sulfide) groups is 1. The van der Waals surface area contributed by atoms with Gasteiger partial charge in [0.25, 0.3) is 11.5 Å². The van der Waals surface area contributed by atoms with Crippen LogP contribution in [0.3, 0.4) is 0 Å². The average Bonchev–Trinajstić information content (AvgIpc) is 2.50. The van der Waals surface area contributed by atoms with Crippen LogP contribution >= 0.6 is 11.8 Å². The van der Waals surface area contributed by atoms with Crippen molar-refractivity contribution in [2.75, 3.05) is 12.3 Å². The van der Waals surface area contributed by atoms with Crippen molar-refractivity contribution in [3.05, 3.63) is 58.3 Å². The molecule has 0 radical (unpaired) electrons. The molecule has 0 aliphatic heterocycles. The third-order valence-corrected chi connectivity index (χ3v) is 4.04. The first kappa shape index (κ1) is 16.3. The molecule has 5 nitrogen and oxygen atoms in total. The quantitative estimate of drug-likeness (QED) is 0.829. The highest BCUT2D eigenvalue weighted by molar-refractivity contribution is 7.99. The summed E-state index contributed by atoms with van der Waals surface area (Å²) in [5.74, 6) is 0.791. The van der Waals surface area contributed by atoms with E-state index in [0.29, 0.717) is 24.3 Å². The largest absolute Gasteiger partial charge is 0.350 e. The smallest absolute Gasteiger partial charge is 0.253 e. The van der Waals surface area contributed by atoms with Gasteiger partial charge in [-0.2, -0.15) is 0 Å². The highest BCUT2D eigenvalue weighted by atomic mass is 32.2. The molecule has 1 amide bonds. The lowest BCUT2D eigenvalue weighted by Gasteiger charge is -2.10. The predicted molar refractivity (Wildman–Crippen MR) is 88.4 cm³/mol. The minimum absolute atomic E-state index is 0.108. The van der Waals surface area contributed by atoms with Crippen LogP contribution in [0.25, 0.3) is 0 Å². The molecule has 22 heavy (non-hydrogen) atoms. The van der Waals surface area contributed by atoms with Crippen molar-refractivity contribution < 1.29 is 4.79 Å². The van der Waals surface area contributed by atoms with E-state index in [4.69, 9.17) is 0 Å². The lowest BCUT2D eigenvalue weighted by Crippen LogP contribution is -2.31. The number of carbonyl (C=O) groups is 1. The lowest BCUT2D eigenvalue weighted by molar-refractivity contribution is 0.0949. The third kappa shape index (κ3) is 4.21. The monoisotopic (exact) mass is 317 g/mol. The zero-order chi connectivity index (χ0) is 15.9. The highest BCUT2D eigenvalue weighted by Gasteiger charge is 2.10. The Morgan fingerprint density at radius 2 is 2.14 bits per heavy atom. The van der Waals surface area contributed by atoms with E-state index in [1.54, 1.807) is 18.7 Å². The van der Waals surface area contributed by atoms with E-state index in [1.165, 1.54) is 17.0 Å². The second-order valence-corrected chi connectivity index (χ2v) is 6.05. The molecule has 0 aliphatic rings. The molecule has 0 fully saturated rings. The van der Waals surface area contributed by atoms with Crippen LogP contribution in [0.4, 0.5) is 0 Å². The van der Waals surface area contributed by atoms with Gasteiger partial charge in [-0.15, -0.1) is 11.8 Å². The molecule has 0 atom stereocenters. The first-order valence-corrected chi connectivity index (χ1v) is 8.13. The molecule has 6 heteroatoms. The van der Waals surface area contributed by atoms with Crippen molar-refractivity contribution >= 4 is 17.7 Å². The Balaban J connectivity index is 1.97. The molecular weight excluding hydrogens is 298 g/mol. The Morgan fingerprint density at radius 3 is 2.86 bits per heavy atom. The summed E-state index contributed by atoms with van der Waals surface area (Å²) in [5, 5.41) is 2.85. The second-order valence-electron chi connectivity index (χ2n) is 4.75. The van der Waals surface area contributed by atoms with Crippen LogP contribution in [0.5, 0.6) is 0 Å². The minimum Gasteiger partial charge on any atom is -0.350 e. The topological polar surface area (TPSA) is 64.0 Å². The molecular formula is C16H19N3O2S. The van der Waals surface area contributed by atoms with Crippen LogP contribution in [0.15, 0.2) is 46.3 Å². The summed E-state index contributed by atoms with van der Waals surface area (Å²) < 4.78 is 1.49. The number of hydrogen-bond donors (Lipinski definition) is 1. The second kappa shape index (κ2) is 7.79. The Labute approximate surface area is 133 Å². The standard InChI is InChI=1S/C16H19N3O2S/c1-3-22-14-7-5-4-6-13(14)16(21)17-8-9-19-11-18-12(2)10-15(19)20/h4-7,10-11H,3,8-9H2,1-2H3,(H,17,21). The van der Waals surface area contributed by atoms with Crippen molar-refractivity contribution in [2.24, 2.45) is 0 Å². The van der Waals surface area contributed by atoms with Gasteiger partial charge in [-0.1, -0.05) is 19.1 Å². The van der Waals surface area contributed by atoms with E-state index in [2.05, 4.69) is 17.2 Å². The third-order valence-electron chi connectivity index (χ3n) is 3.09. The summed E-state index contributed by atoms with van der Waals surface area (Å²) >= 11 is 1.64. The Bertz CT molecular complexity index is 713. The maximum atomic E-state index is 12.2. The summed E-state index contributed by atoms with van der Waals surface area (Å²) in [6, 6.07) is 9.01. The highest BCUT2D eigenvalue weighted by Crippen LogP contribution is 2.21. The van der Waals surface area contributed by atoms with E-state index < -0.39 is 0 Å². The van der Waals surface area contributed by atoms with Crippen LogP contribution in [-0.2, 0) is 6.54 Å². The summed E-state index contributed by atoms with van der Waals surface area (Å²) in [5.41, 5.74) is 1.25. The predicted octanol–water partition coefficient (Wildman–Crippen LogP) is 2.09. The van der Waals surface area contributed by atoms with Gasteiger partial charge in [0.1, 0.15) is 0 Å². The Hall–Kier alpha value is -2.08. The maximum absolute atomic E-state index is 12.2. The lowest BCUT2D eigenvalue weighted by atomic mass is 10.2. The molecule has 1 aromatic heterocycles. The van der Waals surface area contributed by atoms with E-state index in [0.717, 1.165) is 10.6 Å². The number of hydrogen-bond acceptors (Lipinski definition) is 4. The zero-order valence-corrected chi connectivity index (χ0v) is 13.5. The van der Waals surface area contributed by atoms with Gasteiger partial charge < -0.3 is 5.32 Å². The number of aromatic nitrogens is 2. The van der Waals surface area contributed by atoms with Crippen LogP contribution in [0.2, 0.25) is 0 Å². The molecule has 2 rings (SSSR count). The van der Waals surface area contributed by atoms with Crippen molar-refractivity contribution in [3.8, 4) is 0 Å². The first-order valence-electron chi connectivity index (χ1n) is 7.15. The molecule has 1 aromatic carbocycles. The van der Waals surface area contributed by atoms with Gasteiger partial charge >= 0.3 is 0 Å². The Morgan fingerprint density at radius 1 is 1.36 bits per heavy atom. The molecule has 0 spiro atoms. The number of nitrogens with zero attached hydrogens (tertiary/aromatic N) is 2. The van der Waals surface area contributed by atoms with Gasteiger partial charge in [-0.3, -0.25) is 14.2 Å². The summed E-state index contributed by atoms with van der Waals surface area (Å²) in [6.45, 7) is 4.61. The molecule has 1 N–H and O–H groups in total. The van der Waals surface area contributed by atoms with E-state index in [1.807, 2.05) is 24.3 Å². The van der Waals surface area contributed by atoms with E-state index in [-0.39, 0.29) is 11.5 Å². The first-order chi connectivity index (χ1) is 10.6. The molecule has 0 bridgehead atoms. The number of benzene rings is 1. The normalized spacial score (nSPS) is 10.5. The summed E-state index contributed by atoms with van der Waals surface area (Å²) in [7, 11) is 0. The van der Waals surface area contributed by atoms with Gasteiger partial charge in [-0.05, 0) is 24.8 Å². The van der Waals surface area contributed by atoms with Gasteiger partial charge in [0.2, 0.25) is 0 Å². The average molecular weight is 317 g/mol. The summed E-state index contributed by atoms with van der Waals surface area (Å²) in [6.07, 6.45) is 1.50. The number of carbonyl (C=O) groups excluding carboxylic acids is 1. The fraction of sp³-hybridized carbons (Fsp3) is 0.312.